The van der Waals surface area contributed by atoms with Crippen molar-refractivity contribution in [3.63, 3.8) is 0 Å². The second-order valence-electron chi connectivity index (χ2n) is 7.09. The normalized spacial score (nSPS) is 15.1. The molecule has 1 aromatic rings. The second kappa shape index (κ2) is 12.4. The molecule has 7 nitrogen and oxygen atoms in total. The molecule has 1 aliphatic rings. The zero-order valence-corrected chi connectivity index (χ0v) is 17.1. The van der Waals surface area contributed by atoms with Crippen LogP contribution >= 0.6 is 12.4 Å². The van der Waals surface area contributed by atoms with Gasteiger partial charge in [-0.25, -0.2) is 0 Å². The van der Waals surface area contributed by atoms with E-state index in [4.69, 9.17) is 5.73 Å². The Hall–Kier alpha value is -2.12. The first-order valence-electron chi connectivity index (χ1n) is 9.68. The molecule has 0 heterocycles. The minimum atomic E-state index is -0.282. The van der Waals surface area contributed by atoms with E-state index >= 15 is 0 Å². The molecule has 1 unspecified atom stereocenters. The van der Waals surface area contributed by atoms with Gasteiger partial charge in [0.25, 0.3) is 5.91 Å². The Morgan fingerprint density at radius 3 is 2.50 bits per heavy atom. The summed E-state index contributed by atoms with van der Waals surface area (Å²) in [6, 6.07) is 6.55. The van der Waals surface area contributed by atoms with E-state index in [1.165, 1.54) is 6.42 Å². The third kappa shape index (κ3) is 7.48. The number of carbonyl (C=O) groups is 3. The van der Waals surface area contributed by atoms with Crippen LogP contribution in [0.5, 0.6) is 0 Å². The Morgan fingerprint density at radius 2 is 1.82 bits per heavy atom. The van der Waals surface area contributed by atoms with Crippen LogP contribution in [0.15, 0.2) is 24.3 Å². The number of hydrogen-bond acceptors (Lipinski definition) is 4. The topological polar surface area (TPSA) is 113 Å². The Kier molecular flexibility index (Phi) is 10.6. The molecule has 0 bridgehead atoms. The standard InChI is InChI=1S/C20H30N4O3.ClH/c1-14(23-19(26)15-7-3-2-4-8-15)13-18(25)24-17-10-6-5-9-16(17)20(27)22-12-11-21;/h5-6,9-10,14-15H,2-4,7-8,11-13,21H2,1H3,(H,22,27)(H,23,26)(H,24,25);1H. The summed E-state index contributed by atoms with van der Waals surface area (Å²) in [6.07, 6.45) is 5.38. The molecular formula is C20H31ClN4O3. The van der Waals surface area contributed by atoms with E-state index < -0.39 is 0 Å². The molecule has 0 saturated heterocycles. The van der Waals surface area contributed by atoms with Crippen molar-refractivity contribution in [3.8, 4) is 0 Å². The lowest BCUT2D eigenvalue weighted by Crippen LogP contribution is -2.39. The summed E-state index contributed by atoms with van der Waals surface area (Å²) in [4.78, 5) is 36.8. The first-order chi connectivity index (χ1) is 13.0. The van der Waals surface area contributed by atoms with Gasteiger partial charge in [-0.3, -0.25) is 14.4 Å². The van der Waals surface area contributed by atoms with Crippen molar-refractivity contribution in [2.24, 2.45) is 11.7 Å². The van der Waals surface area contributed by atoms with Gasteiger partial charge in [-0.2, -0.15) is 0 Å². The van der Waals surface area contributed by atoms with Crippen molar-refractivity contribution in [2.45, 2.75) is 51.5 Å². The van der Waals surface area contributed by atoms with Crippen molar-refractivity contribution in [1.82, 2.24) is 10.6 Å². The lowest BCUT2D eigenvalue weighted by Gasteiger charge is -2.23. The van der Waals surface area contributed by atoms with Gasteiger partial charge in [0.2, 0.25) is 11.8 Å². The Morgan fingerprint density at radius 1 is 1.14 bits per heavy atom. The van der Waals surface area contributed by atoms with Crippen molar-refractivity contribution in [1.29, 1.82) is 0 Å². The minimum absolute atomic E-state index is 0. The van der Waals surface area contributed by atoms with Crippen LogP contribution in [-0.2, 0) is 9.59 Å². The van der Waals surface area contributed by atoms with Crippen molar-refractivity contribution >= 4 is 35.8 Å². The molecule has 1 saturated carbocycles. The monoisotopic (exact) mass is 410 g/mol. The van der Waals surface area contributed by atoms with E-state index in [-0.39, 0.29) is 48.5 Å². The maximum absolute atomic E-state index is 12.4. The fraction of sp³-hybridized carbons (Fsp3) is 0.550. The zero-order valence-electron chi connectivity index (χ0n) is 16.3. The number of halogens is 1. The lowest BCUT2D eigenvalue weighted by molar-refractivity contribution is -0.126. The Bertz CT molecular complexity index is 663. The molecule has 3 amide bonds. The van der Waals surface area contributed by atoms with Crippen molar-refractivity contribution < 1.29 is 14.4 Å². The molecule has 0 spiro atoms. The second-order valence-corrected chi connectivity index (χ2v) is 7.09. The molecule has 1 aromatic carbocycles. The number of nitrogens with two attached hydrogens (primary N) is 1. The van der Waals surface area contributed by atoms with Gasteiger partial charge in [-0.05, 0) is 31.9 Å². The molecule has 1 atom stereocenters. The highest BCUT2D eigenvalue weighted by Gasteiger charge is 2.23. The van der Waals surface area contributed by atoms with E-state index in [1.807, 2.05) is 6.92 Å². The summed E-state index contributed by atoms with van der Waals surface area (Å²) in [5, 5.41) is 8.40. The highest BCUT2D eigenvalue weighted by atomic mass is 35.5. The number of para-hydroxylation sites is 1. The van der Waals surface area contributed by atoms with Gasteiger partial charge in [-0.1, -0.05) is 31.4 Å². The molecule has 1 fully saturated rings. The van der Waals surface area contributed by atoms with E-state index in [0.717, 1.165) is 25.7 Å². The van der Waals surface area contributed by atoms with Gasteiger partial charge < -0.3 is 21.7 Å². The molecule has 28 heavy (non-hydrogen) atoms. The molecule has 0 radical (unpaired) electrons. The van der Waals surface area contributed by atoms with Crippen LogP contribution in [-0.4, -0.2) is 36.9 Å². The van der Waals surface area contributed by atoms with Gasteiger partial charge >= 0.3 is 0 Å². The van der Waals surface area contributed by atoms with Gasteiger partial charge in [0.05, 0.1) is 11.3 Å². The summed E-state index contributed by atoms with van der Waals surface area (Å²) in [5.41, 5.74) is 6.24. The summed E-state index contributed by atoms with van der Waals surface area (Å²) in [6.45, 7) is 2.53. The van der Waals surface area contributed by atoms with Crippen LogP contribution in [0.2, 0.25) is 0 Å². The van der Waals surface area contributed by atoms with Crippen LogP contribution in [0.1, 0.15) is 55.8 Å². The highest BCUT2D eigenvalue weighted by Crippen LogP contribution is 2.23. The average molecular weight is 411 g/mol. The van der Waals surface area contributed by atoms with Gasteiger partial charge in [0, 0.05) is 31.5 Å². The summed E-state index contributed by atoms with van der Waals surface area (Å²) < 4.78 is 0. The lowest BCUT2D eigenvalue weighted by atomic mass is 9.88. The Labute approximate surface area is 172 Å². The smallest absolute Gasteiger partial charge is 0.253 e. The maximum Gasteiger partial charge on any atom is 0.253 e. The van der Waals surface area contributed by atoms with Crippen LogP contribution < -0.4 is 21.7 Å². The molecule has 2 rings (SSSR count). The summed E-state index contributed by atoms with van der Waals surface area (Å²) in [5.74, 6) is -0.423. The number of rotatable bonds is 8. The van der Waals surface area contributed by atoms with Gasteiger partial charge in [0.15, 0.2) is 0 Å². The Balaban J connectivity index is 0.00000392. The van der Waals surface area contributed by atoms with E-state index in [1.54, 1.807) is 24.3 Å². The highest BCUT2D eigenvalue weighted by molar-refractivity contribution is 6.03. The fourth-order valence-electron chi connectivity index (χ4n) is 3.33. The average Bonchev–Trinajstić information content (AvgIpc) is 2.67. The largest absolute Gasteiger partial charge is 0.353 e. The molecule has 1 aliphatic carbocycles. The van der Waals surface area contributed by atoms with Crippen molar-refractivity contribution in [2.75, 3.05) is 18.4 Å². The zero-order chi connectivity index (χ0) is 19.6. The quantitative estimate of drug-likeness (QED) is 0.526. The van der Waals surface area contributed by atoms with Crippen molar-refractivity contribution in [3.05, 3.63) is 29.8 Å². The maximum atomic E-state index is 12.4. The number of carbonyl (C=O) groups excluding carboxylic acids is 3. The predicted octanol–water partition coefficient (Wildman–Crippen LogP) is 2.21. The number of amides is 3. The molecule has 5 N–H and O–H groups in total. The predicted molar refractivity (Wildman–Crippen MR) is 113 cm³/mol. The molecular weight excluding hydrogens is 380 g/mol. The molecule has 156 valence electrons. The number of hydrogen-bond donors (Lipinski definition) is 4. The number of anilines is 1. The van der Waals surface area contributed by atoms with E-state index in [0.29, 0.717) is 24.3 Å². The van der Waals surface area contributed by atoms with Crippen LogP contribution in [0.3, 0.4) is 0 Å². The first kappa shape index (κ1) is 23.9. The molecule has 0 aliphatic heterocycles. The fourth-order valence-corrected chi connectivity index (χ4v) is 3.33. The van der Waals surface area contributed by atoms with Crippen LogP contribution in [0, 0.1) is 5.92 Å². The third-order valence-electron chi connectivity index (χ3n) is 4.73. The van der Waals surface area contributed by atoms with E-state index in [9.17, 15) is 14.4 Å². The summed E-state index contributed by atoms with van der Waals surface area (Å²) >= 11 is 0. The number of benzene rings is 1. The summed E-state index contributed by atoms with van der Waals surface area (Å²) in [7, 11) is 0. The van der Waals surface area contributed by atoms with Gasteiger partial charge in [0.1, 0.15) is 0 Å². The SMILES string of the molecule is CC(CC(=O)Nc1ccccc1C(=O)NCCN)NC(=O)C1CCCCC1.Cl. The van der Waals surface area contributed by atoms with Gasteiger partial charge in [-0.15, -0.1) is 12.4 Å². The first-order valence-corrected chi connectivity index (χ1v) is 9.68. The van der Waals surface area contributed by atoms with E-state index in [2.05, 4.69) is 16.0 Å². The third-order valence-corrected chi connectivity index (χ3v) is 4.73. The molecule has 0 aromatic heterocycles. The van der Waals surface area contributed by atoms with Crippen LogP contribution in [0.25, 0.3) is 0 Å². The van der Waals surface area contributed by atoms with Crippen LogP contribution in [0.4, 0.5) is 5.69 Å². The molecule has 8 heteroatoms. The number of nitrogens with one attached hydrogen (secondary N) is 3. The minimum Gasteiger partial charge on any atom is -0.353 e.